The van der Waals surface area contributed by atoms with Crippen molar-refractivity contribution < 1.29 is 0 Å². The molecular formula is C14H18ClN3. The van der Waals surface area contributed by atoms with Gasteiger partial charge in [-0.05, 0) is 18.9 Å². The van der Waals surface area contributed by atoms with Gasteiger partial charge in [0.2, 0.25) is 0 Å². The number of alkyl halides is 1. The third-order valence-electron chi connectivity index (χ3n) is 2.95. The second-order valence-corrected chi connectivity index (χ2v) is 4.78. The summed E-state index contributed by atoms with van der Waals surface area (Å²) in [5.41, 5.74) is 4.58. The maximum Gasteiger partial charge on any atom is 0.101 e. The Balaban J connectivity index is 2.25. The highest BCUT2D eigenvalue weighted by atomic mass is 35.5. The van der Waals surface area contributed by atoms with Crippen LogP contribution < -0.4 is 0 Å². The van der Waals surface area contributed by atoms with E-state index in [1.807, 2.05) is 4.68 Å². The lowest BCUT2D eigenvalue weighted by Crippen LogP contribution is -2.07. The quantitative estimate of drug-likeness (QED) is 0.775. The van der Waals surface area contributed by atoms with Crippen LogP contribution in [0.3, 0.4) is 0 Å². The molecule has 0 aliphatic rings. The summed E-state index contributed by atoms with van der Waals surface area (Å²) in [5, 5.41) is 8.37. The summed E-state index contributed by atoms with van der Waals surface area (Å²) >= 11 is 5.89. The highest BCUT2D eigenvalue weighted by Crippen LogP contribution is 2.13. The molecule has 1 aromatic carbocycles. The van der Waals surface area contributed by atoms with Crippen LogP contribution in [0.15, 0.2) is 24.3 Å². The van der Waals surface area contributed by atoms with Crippen molar-refractivity contribution in [3.8, 4) is 0 Å². The lowest BCUT2D eigenvalue weighted by molar-refractivity contribution is 0.613. The zero-order chi connectivity index (χ0) is 13.0. The molecule has 0 N–H and O–H groups in total. The van der Waals surface area contributed by atoms with Crippen LogP contribution in [0, 0.1) is 6.92 Å². The van der Waals surface area contributed by atoms with Crippen molar-refractivity contribution >= 4 is 11.6 Å². The summed E-state index contributed by atoms with van der Waals surface area (Å²) in [6.45, 7) is 5.02. The van der Waals surface area contributed by atoms with Crippen molar-refractivity contribution in [2.24, 2.45) is 0 Å². The number of benzene rings is 1. The molecule has 0 unspecified atom stereocenters. The van der Waals surface area contributed by atoms with Gasteiger partial charge in [0.05, 0.1) is 18.1 Å². The predicted octanol–water partition coefficient (Wildman–Crippen LogP) is 3.33. The number of aryl methyl sites for hydroxylation is 1. The molecule has 0 aliphatic carbocycles. The average molecular weight is 264 g/mol. The molecule has 4 heteroatoms. The van der Waals surface area contributed by atoms with Crippen molar-refractivity contribution in [1.29, 1.82) is 0 Å². The Morgan fingerprint density at radius 3 is 2.83 bits per heavy atom. The van der Waals surface area contributed by atoms with Gasteiger partial charge in [-0.3, -0.25) is 0 Å². The van der Waals surface area contributed by atoms with Gasteiger partial charge in [0.25, 0.3) is 0 Å². The molecule has 0 aliphatic heterocycles. The van der Waals surface area contributed by atoms with E-state index in [1.54, 1.807) is 0 Å². The van der Waals surface area contributed by atoms with Crippen LogP contribution in [0.4, 0.5) is 0 Å². The van der Waals surface area contributed by atoms with E-state index in [-0.39, 0.29) is 0 Å². The van der Waals surface area contributed by atoms with Gasteiger partial charge in [-0.15, -0.1) is 16.7 Å². The molecule has 0 spiro atoms. The molecule has 1 heterocycles. The van der Waals surface area contributed by atoms with Gasteiger partial charge in [0.15, 0.2) is 0 Å². The van der Waals surface area contributed by atoms with Gasteiger partial charge in [0, 0.05) is 0 Å². The maximum atomic E-state index is 5.89. The van der Waals surface area contributed by atoms with Crippen molar-refractivity contribution in [2.75, 3.05) is 0 Å². The fourth-order valence-electron chi connectivity index (χ4n) is 2.09. The van der Waals surface area contributed by atoms with Crippen molar-refractivity contribution in [2.45, 2.75) is 39.1 Å². The van der Waals surface area contributed by atoms with Crippen molar-refractivity contribution in [3.05, 3.63) is 46.8 Å². The molecule has 0 fully saturated rings. The Bertz CT molecular complexity index is 520. The van der Waals surface area contributed by atoms with Crippen molar-refractivity contribution in [3.63, 3.8) is 0 Å². The highest BCUT2D eigenvalue weighted by molar-refractivity contribution is 6.16. The molecule has 2 rings (SSSR count). The Morgan fingerprint density at radius 1 is 1.33 bits per heavy atom. The van der Waals surface area contributed by atoms with E-state index < -0.39 is 0 Å². The molecule has 96 valence electrons. The zero-order valence-electron chi connectivity index (χ0n) is 10.9. The largest absolute Gasteiger partial charge is 0.245 e. The van der Waals surface area contributed by atoms with Gasteiger partial charge < -0.3 is 0 Å². The number of halogens is 1. The van der Waals surface area contributed by atoms with Gasteiger partial charge in [-0.25, -0.2) is 4.68 Å². The number of nitrogens with zero attached hydrogens (tertiary/aromatic N) is 3. The smallest absolute Gasteiger partial charge is 0.101 e. The summed E-state index contributed by atoms with van der Waals surface area (Å²) < 4.78 is 1.97. The fourth-order valence-corrected chi connectivity index (χ4v) is 2.30. The SMILES string of the molecule is CCCc1c(CCl)nnn1Cc1cccc(C)c1. The molecule has 0 atom stereocenters. The molecule has 2 aromatic rings. The Labute approximate surface area is 113 Å². The minimum Gasteiger partial charge on any atom is -0.245 e. The third kappa shape index (κ3) is 2.91. The van der Waals surface area contributed by atoms with Crippen LogP contribution >= 0.6 is 11.6 Å². The van der Waals surface area contributed by atoms with E-state index in [0.717, 1.165) is 30.8 Å². The molecular weight excluding hydrogens is 246 g/mol. The first-order valence-electron chi connectivity index (χ1n) is 6.27. The van der Waals surface area contributed by atoms with E-state index >= 15 is 0 Å². The van der Waals surface area contributed by atoms with Crippen LogP contribution in [0.5, 0.6) is 0 Å². The van der Waals surface area contributed by atoms with E-state index in [1.165, 1.54) is 11.1 Å². The van der Waals surface area contributed by atoms with Gasteiger partial charge >= 0.3 is 0 Å². The number of rotatable bonds is 5. The average Bonchev–Trinajstić information content (AvgIpc) is 2.72. The Hall–Kier alpha value is -1.35. The number of hydrogen-bond donors (Lipinski definition) is 0. The van der Waals surface area contributed by atoms with Crippen LogP contribution in [-0.2, 0) is 18.8 Å². The van der Waals surface area contributed by atoms with E-state index in [4.69, 9.17) is 11.6 Å². The predicted molar refractivity (Wildman–Crippen MR) is 73.9 cm³/mol. The zero-order valence-corrected chi connectivity index (χ0v) is 11.6. The van der Waals surface area contributed by atoms with Crippen LogP contribution in [0.2, 0.25) is 0 Å². The van der Waals surface area contributed by atoms with Crippen LogP contribution in [-0.4, -0.2) is 15.0 Å². The van der Waals surface area contributed by atoms with Crippen molar-refractivity contribution in [1.82, 2.24) is 15.0 Å². The molecule has 1 aromatic heterocycles. The molecule has 3 nitrogen and oxygen atoms in total. The normalized spacial score (nSPS) is 10.8. The standard InChI is InChI=1S/C14H18ClN3/c1-3-5-14-13(9-15)16-17-18(14)10-12-7-4-6-11(2)8-12/h4,6-8H,3,5,9-10H2,1-2H3. The lowest BCUT2D eigenvalue weighted by Gasteiger charge is -2.07. The lowest BCUT2D eigenvalue weighted by atomic mass is 10.1. The summed E-state index contributed by atoms with van der Waals surface area (Å²) in [7, 11) is 0. The van der Waals surface area contributed by atoms with E-state index in [9.17, 15) is 0 Å². The monoisotopic (exact) mass is 263 g/mol. The first kappa shape index (κ1) is 13.1. The summed E-state index contributed by atoms with van der Waals surface area (Å²) in [4.78, 5) is 0. The fraction of sp³-hybridized carbons (Fsp3) is 0.429. The topological polar surface area (TPSA) is 30.7 Å². The number of aromatic nitrogens is 3. The Morgan fingerprint density at radius 2 is 2.17 bits per heavy atom. The second-order valence-electron chi connectivity index (χ2n) is 4.51. The first-order valence-corrected chi connectivity index (χ1v) is 6.80. The molecule has 0 radical (unpaired) electrons. The maximum absolute atomic E-state index is 5.89. The summed E-state index contributed by atoms with van der Waals surface area (Å²) in [5.74, 6) is 0.434. The molecule has 0 amide bonds. The van der Waals surface area contributed by atoms with E-state index in [2.05, 4.69) is 48.4 Å². The van der Waals surface area contributed by atoms with Crippen LogP contribution in [0.1, 0.15) is 35.9 Å². The molecule has 0 saturated heterocycles. The summed E-state index contributed by atoms with van der Waals surface area (Å²) in [6.07, 6.45) is 2.05. The van der Waals surface area contributed by atoms with Gasteiger partial charge in [-0.2, -0.15) is 0 Å². The highest BCUT2D eigenvalue weighted by Gasteiger charge is 2.11. The van der Waals surface area contributed by atoms with Crippen LogP contribution in [0.25, 0.3) is 0 Å². The summed E-state index contributed by atoms with van der Waals surface area (Å²) in [6, 6.07) is 8.47. The van der Waals surface area contributed by atoms with E-state index in [0.29, 0.717) is 5.88 Å². The molecule has 18 heavy (non-hydrogen) atoms. The Kier molecular flexibility index (Phi) is 4.37. The first-order chi connectivity index (χ1) is 8.74. The molecule has 0 saturated carbocycles. The van der Waals surface area contributed by atoms with Gasteiger partial charge in [-0.1, -0.05) is 48.4 Å². The van der Waals surface area contributed by atoms with Gasteiger partial charge in [0.1, 0.15) is 5.69 Å². The minimum absolute atomic E-state index is 0.434. The number of hydrogen-bond acceptors (Lipinski definition) is 2. The molecule has 0 bridgehead atoms. The second kappa shape index (κ2) is 6.01. The third-order valence-corrected chi connectivity index (χ3v) is 3.20. The minimum atomic E-state index is 0.434.